The Labute approximate surface area is 98.7 Å². The minimum absolute atomic E-state index is 0.146. The molecule has 0 amide bonds. The lowest BCUT2D eigenvalue weighted by atomic mass is 9.87. The van der Waals surface area contributed by atoms with Gasteiger partial charge < -0.3 is 10.4 Å². The fourth-order valence-corrected chi connectivity index (χ4v) is 2.98. The Bertz CT molecular complexity index is 400. The van der Waals surface area contributed by atoms with Crippen molar-refractivity contribution >= 4 is 22.3 Å². The van der Waals surface area contributed by atoms with Crippen molar-refractivity contribution in [3.05, 3.63) is 11.2 Å². The Morgan fingerprint density at radius 2 is 2.44 bits per heavy atom. The number of anilines is 1. The Kier molecular flexibility index (Phi) is 2.88. The van der Waals surface area contributed by atoms with Crippen LogP contribution >= 0.6 is 11.3 Å². The molecule has 2 rings (SSSR count). The molecule has 1 fully saturated rings. The smallest absolute Gasteiger partial charge is 0.357 e. The van der Waals surface area contributed by atoms with Crippen LogP contribution in [0, 0.1) is 5.41 Å². The first kappa shape index (κ1) is 11.4. The van der Waals surface area contributed by atoms with Crippen LogP contribution in [0.1, 0.15) is 43.6 Å². The highest BCUT2D eigenvalue weighted by molar-refractivity contribution is 7.14. The first-order chi connectivity index (χ1) is 7.50. The molecule has 0 saturated heterocycles. The van der Waals surface area contributed by atoms with Crippen molar-refractivity contribution < 1.29 is 9.90 Å². The lowest BCUT2D eigenvalue weighted by Crippen LogP contribution is -2.31. The summed E-state index contributed by atoms with van der Waals surface area (Å²) < 4.78 is 0. The van der Waals surface area contributed by atoms with Crippen molar-refractivity contribution in [2.75, 3.05) is 5.32 Å². The van der Waals surface area contributed by atoms with E-state index >= 15 is 0 Å². The molecule has 1 aromatic rings. The summed E-state index contributed by atoms with van der Waals surface area (Å²) in [7, 11) is 0. The van der Waals surface area contributed by atoms with Gasteiger partial charge in [-0.25, -0.2) is 9.78 Å². The normalized spacial score (nSPS) is 23.2. The first-order valence-corrected chi connectivity index (χ1v) is 6.32. The molecule has 1 aliphatic rings. The summed E-state index contributed by atoms with van der Waals surface area (Å²) in [5.74, 6) is -0.959. The number of nitrogens with zero attached hydrogens (tertiary/aromatic N) is 1. The van der Waals surface area contributed by atoms with E-state index in [1.54, 1.807) is 5.51 Å². The maximum Gasteiger partial charge on any atom is 0.357 e. The average molecular weight is 240 g/mol. The number of nitrogens with one attached hydrogen (secondary N) is 1. The SMILES string of the molecule is CC1(C)CCCC1Nc1scnc1C(=O)O. The summed E-state index contributed by atoms with van der Waals surface area (Å²) in [6, 6.07) is 0.353. The highest BCUT2D eigenvalue weighted by Gasteiger charge is 2.35. The molecule has 5 heteroatoms. The van der Waals surface area contributed by atoms with Crippen LogP contribution in [0.25, 0.3) is 0 Å². The number of carboxylic acid groups (broad SMARTS) is 1. The van der Waals surface area contributed by atoms with Gasteiger partial charge in [0.1, 0.15) is 5.00 Å². The number of rotatable bonds is 3. The highest BCUT2D eigenvalue weighted by atomic mass is 32.1. The zero-order chi connectivity index (χ0) is 11.8. The summed E-state index contributed by atoms with van der Waals surface area (Å²) >= 11 is 1.36. The van der Waals surface area contributed by atoms with Crippen molar-refractivity contribution in [1.82, 2.24) is 4.98 Å². The fourth-order valence-electron chi connectivity index (χ4n) is 2.25. The molecule has 0 spiro atoms. The zero-order valence-electron chi connectivity index (χ0n) is 9.49. The third-order valence-electron chi connectivity index (χ3n) is 3.33. The van der Waals surface area contributed by atoms with Crippen LogP contribution < -0.4 is 5.32 Å². The summed E-state index contributed by atoms with van der Waals surface area (Å²) in [6.45, 7) is 4.44. The van der Waals surface area contributed by atoms with E-state index in [-0.39, 0.29) is 11.1 Å². The van der Waals surface area contributed by atoms with E-state index in [2.05, 4.69) is 24.1 Å². The van der Waals surface area contributed by atoms with Gasteiger partial charge in [0, 0.05) is 6.04 Å². The molecule has 2 N–H and O–H groups in total. The third-order valence-corrected chi connectivity index (χ3v) is 4.09. The Morgan fingerprint density at radius 3 is 3.00 bits per heavy atom. The predicted molar refractivity (Wildman–Crippen MR) is 64.1 cm³/mol. The molecular weight excluding hydrogens is 224 g/mol. The van der Waals surface area contributed by atoms with Gasteiger partial charge >= 0.3 is 5.97 Å². The zero-order valence-corrected chi connectivity index (χ0v) is 10.3. The van der Waals surface area contributed by atoms with E-state index in [4.69, 9.17) is 5.11 Å². The van der Waals surface area contributed by atoms with Crippen molar-refractivity contribution in [2.45, 2.75) is 39.2 Å². The topological polar surface area (TPSA) is 62.2 Å². The van der Waals surface area contributed by atoms with Crippen LogP contribution in [-0.4, -0.2) is 22.1 Å². The monoisotopic (exact) mass is 240 g/mol. The number of hydrogen-bond donors (Lipinski definition) is 2. The molecule has 1 saturated carbocycles. The van der Waals surface area contributed by atoms with Crippen molar-refractivity contribution in [3.8, 4) is 0 Å². The molecule has 1 aliphatic carbocycles. The number of hydrogen-bond acceptors (Lipinski definition) is 4. The Hall–Kier alpha value is -1.10. The van der Waals surface area contributed by atoms with Crippen LogP contribution in [0.15, 0.2) is 5.51 Å². The lowest BCUT2D eigenvalue weighted by Gasteiger charge is -2.28. The summed E-state index contributed by atoms with van der Waals surface area (Å²) in [5, 5.41) is 13.0. The summed E-state index contributed by atoms with van der Waals surface area (Å²) in [6.07, 6.45) is 3.49. The van der Waals surface area contributed by atoms with Gasteiger partial charge in [0.2, 0.25) is 0 Å². The van der Waals surface area contributed by atoms with Crippen LogP contribution in [0.4, 0.5) is 5.00 Å². The molecule has 1 aromatic heterocycles. The molecule has 0 bridgehead atoms. The second kappa shape index (κ2) is 4.05. The molecule has 4 nitrogen and oxygen atoms in total. The molecule has 16 heavy (non-hydrogen) atoms. The van der Waals surface area contributed by atoms with E-state index in [0.717, 1.165) is 6.42 Å². The lowest BCUT2D eigenvalue weighted by molar-refractivity contribution is 0.0692. The van der Waals surface area contributed by atoms with Crippen LogP contribution in [0.2, 0.25) is 0 Å². The van der Waals surface area contributed by atoms with Gasteiger partial charge in [0.15, 0.2) is 5.69 Å². The van der Waals surface area contributed by atoms with Crippen LogP contribution in [0.3, 0.4) is 0 Å². The quantitative estimate of drug-likeness (QED) is 0.852. The number of carbonyl (C=O) groups is 1. The molecule has 88 valence electrons. The highest BCUT2D eigenvalue weighted by Crippen LogP contribution is 2.39. The van der Waals surface area contributed by atoms with Crippen LogP contribution in [0.5, 0.6) is 0 Å². The number of aromatic nitrogens is 1. The van der Waals surface area contributed by atoms with E-state index in [0.29, 0.717) is 11.0 Å². The molecule has 0 aliphatic heterocycles. The fraction of sp³-hybridized carbons (Fsp3) is 0.636. The van der Waals surface area contributed by atoms with Crippen LogP contribution in [-0.2, 0) is 0 Å². The maximum atomic E-state index is 10.9. The Morgan fingerprint density at radius 1 is 1.69 bits per heavy atom. The predicted octanol–water partition coefficient (Wildman–Crippen LogP) is 2.83. The van der Waals surface area contributed by atoms with Gasteiger partial charge in [-0.2, -0.15) is 0 Å². The van der Waals surface area contributed by atoms with E-state index in [9.17, 15) is 4.79 Å². The van der Waals surface area contributed by atoms with Gasteiger partial charge in [0.05, 0.1) is 5.51 Å². The molecule has 1 heterocycles. The summed E-state index contributed by atoms with van der Waals surface area (Å²) in [4.78, 5) is 14.8. The number of thiazole rings is 1. The molecule has 0 aromatic carbocycles. The molecule has 1 unspecified atom stereocenters. The molecule has 1 atom stereocenters. The van der Waals surface area contributed by atoms with Gasteiger partial charge in [-0.15, -0.1) is 11.3 Å². The maximum absolute atomic E-state index is 10.9. The second-order valence-corrected chi connectivity index (χ2v) is 5.77. The average Bonchev–Trinajstić information content (AvgIpc) is 2.74. The van der Waals surface area contributed by atoms with E-state index in [1.807, 2.05) is 0 Å². The van der Waals surface area contributed by atoms with E-state index in [1.165, 1.54) is 24.2 Å². The van der Waals surface area contributed by atoms with Crippen molar-refractivity contribution in [1.29, 1.82) is 0 Å². The second-order valence-electron chi connectivity index (χ2n) is 4.91. The molecular formula is C11H16N2O2S. The standard InChI is InChI=1S/C11H16N2O2S/c1-11(2)5-3-4-7(11)13-9-8(10(14)15)12-6-16-9/h6-7,13H,3-5H2,1-2H3,(H,14,15). The number of carboxylic acids is 1. The van der Waals surface area contributed by atoms with Gasteiger partial charge in [-0.05, 0) is 18.3 Å². The first-order valence-electron chi connectivity index (χ1n) is 5.44. The third kappa shape index (κ3) is 2.04. The Balaban J connectivity index is 2.15. The van der Waals surface area contributed by atoms with Gasteiger partial charge in [-0.1, -0.05) is 20.3 Å². The van der Waals surface area contributed by atoms with Crippen molar-refractivity contribution in [2.24, 2.45) is 5.41 Å². The van der Waals surface area contributed by atoms with Crippen molar-refractivity contribution in [3.63, 3.8) is 0 Å². The minimum Gasteiger partial charge on any atom is -0.476 e. The largest absolute Gasteiger partial charge is 0.476 e. The molecule has 0 radical (unpaired) electrons. The van der Waals surface area contributed by atoms with E-state index < -0.39 is 5.97 Å². The summed E-state index contributed by atoms with van der Waals surface area (Å²) in [5.41, 5.74) is 1.96. The number of aromatic carboxylic acids is 1. The van der Waals surface area contributed by atoms with Gasteiger partial charge in [-0.3, -0.25) is 0 Å². The van der Waals surface area contributed by atoms with Gasteiger partial charge in [0.25, 0.3) is 0 Å². The minimum atomic E-state index is -0.959.